The first-order valence-electron chi connectivity index (χ1n) is 5.76. The summed E-state index contributed by atoms with van der Waals surface area (Å²) in [6.45, 7) is 1.12. The minimum absolute atomic E-state index is 0.314. The first kappa shape index (κ1) is 17.6. The Balaban J connectivity index is 4.06. The SMILES string of the molecule is CC=CC(=O)OCC(O)COC(=O)C(C)(CO)CO. The summed E-state index contributed by atoms with van der Waals surface area (Å²) in [5.74, 6) is -1.44. The third-order valence-corrected chi connectivity index (χ3v) is 2.32. The van der Waals surface area contributed by atoms with Gasteiger partial charge in [0.15, 0.2) is 0 Å². The molecule has 0 amide bonds. The molecule has 0 aliphatic carbocycles. The zero-order valence-corrected chi connectivity index (χ0v) is 11.0. The average molecular weight is 276 g/mol. The van der Waals surface area contributed by atoms with Crippen LogP contribution in [-0.4, -0.2) is 59.8 Å². The number of rotatable bonds is 8. The highest BCUT2D eigenvalue weighted by atomic mass is 16.6. The Bertz CT molecular complexity index is 320. The van der Waals surface area contributed by atoms with E-state index in [0.717, 1.165) is 0 Å². The van der Waals surface area contributed by atoms with Gasteiger partial charge in [-0.1, -0.05) is 6.08 Å². The summed E-state index contributed by atoms with van der Waals surface area (Å²) in [4.78, 5) is 22.4. The van der Waals surface area contributed by atoms with Gasteiger partial charge >= 0.3 is 11.9 Å². The van der Waals surface area contributed by atoms with Gasteiger partial charge in [0, 0.05) is 6.08 Å². The minimum Gasteiger partial charge on any atom is -0.462 e. The van der Waals surface area contributed by atoms with Crippen molar-refractivity contribution in [1.29, 1.82) is 0 Å². The average Bonchev–Trinajstić information content (AvgIpc) is 2.41. The van der Waals surface area contributed by atoms with Crippen molar-refractivity contribution < 1.29 is 34.4 Å². The van der Waals surface area contributed by atoms with Crippen LogP contribution < -0.4 is 0 Å². The molecule has 0 aromatic rings. The van der Waals surface area contributed by atoms with E-state index in [1.54, 1.807) is 6.92 Å². The van der Waals surface area contributed by atoms with Gasteiger partial charge < -0.3 is 24.8 Å². The fourth-order valence-corrected chi connectivity index (χ4v) is 0.936. The van der Waals surface area contributed by atoms with Crippen molar-refractivity contribution in [1.82, 2.24) is 0 Å². The van der Waals surface area contributed by atoms with Gasteiger partial charge in [-0.05, 0) is 13.8 Å². The lowest BCUT2D eigenvalue weighted by Gasteiger charge is -2.23. The standard InChI is InChI=1S/C12H20O7/c1-3-4-10(16)18-5-9(15)6-19-11(17)12(2,7-13)8-14/h3-4,9,13-15H,5-8H2,1-2H3. The Hall–Kier alpha value is -1.44. The molecule has 0 aliphatic heterocycles. The van der Waals surface area contributed by atoms with Gasteiger partial charge in [-0.25, -0.2) is 4.79 Å². The topological polar surface area (TPSA) is 113 Å². The van der Waals surface area contributed by atoms with Gasteiger partial charge in [0.1, 0.15) is 24.7 Å². The van der Waals surface area contributed by atoms with E-state index in [0.29, 0.717) is 0 Å². The molecule has 0 aromatic carbocycles. The van der Waals surface area contributed by atoms with E-state index < -0.39 is 43.3 Å². The summed E-state index contributed by atoms with van der Waals surface area (Å²) in [5, 5.41) is 27.3. The van der Waals surface area contributed by atoms with Crippen molar-refractivity contribution in [3.63, 3.8) is 0 Å². The Morgan fingerprint density at radius 1 is 1.21 bits per heavy atom. The van der Waals surface area contributed by atoms with Gasteiger partial charge in [-0.3, -0.25) is 4.79 Å². The second-order valence-electron chi connectivity index (χ2n) is 4.26. The summed E-state index contributed by atoms with van der Waals surface area (Å²) in [5.41, 5.74) is -1.42. The molecule has 7 nitrogen and oxygen atoms in total. The molecule has 0 spiro atoms. The molecule has 19 heavy (non-hydrogen) atoms. The predicted molar refractivity (Wildman–Crippen MR) is 65.0 cm³/mol. The number of aliphatic hydroxyl groups excluding tert-OH is 3. The molecule has 7 heteroatoms. The maximum Gasteiger partial charge on any atom is 0.330 e. The second-order valence-corrected chi connectivity index (χ2v) is 4.26. The molecule has 0 fully saturated rings. The van der Waals surface area contributed by atoms with Crippen molar-refractivity contribution in [2.24, 2.45) is 5.41 Å². The summed E-state index contributed by atoms with van der Waals surface area (Å²) in [7, 11) is 0. The van der Waals surface area contributed by atoms with Gasteiger partial charge in [-0.15, -0.1) is 0 Å². The molecule has 0 heterocycles. The minimum atomic E-state index is -1.42. The highest BCUT2D eigenvalue weighted by molar-refractivity contribution is 5.81. The Labute approximate surface area is 111 Å². The Morgan fingerprint density at radius 3 is 2.21 bits per heavy atom. The van der Waals surface area contributed by atoms with Crippen molar-refractivity contribution >= 4 is 11.9 Å². The number of esters is 2. The molecule has 1 unspecified atom stereocenters. The third-order valence-electron chi connectivity index (χ3n) is 2.32. The maximum absolute atomic E-state index is 11.5. The molecule has 0 bridgehead atoms. The van der Waals surface area contributed by atoms with E-state index in [4.69, 9.17) is 14.9 Å². The van der Waals surface area contributed by atoms with Crippen LogP contribution in [0.2, 0.25) is 0 Å². The molecule has 0 rings (SSSR count). The van der Waals surface area contributed by atoms with Crippen LogP contribution in [0, 0.1) is 5.41 Å². The van der Waals surface area contributed by atoms with Crippen LogP contribution >= 0.6 is 0 Å². The molecule has 0 saturated carbocycles. The Kier molecular flexibility index (Phi) is 7.97. The molecular formula is C12H20O7. The quantitative estimate of drug-likeness (QED) is 0.385. The van der Waals surface area contributed by atoms with Crippen molar-refractivity contribution in [3.8, 4) is 0 Å². The first-order chi connectivity index (χ1) is 8.89. The zero-order valence-electron chi connectivity index (χ0n) is 11.0. The van der Waals surface area contributed by atoms with Crippen LogP contribution in [0.5, 0.6) is 0 Å². The van der Waals surface area contributed by atoms with E-state index in [1.165, 1.54) is 19.1 Å². The smallest absolute Gasteiger partial charge is 0.330 e. The third kappa shape index (κ3) is 6.32. The number of allylic oxidation sites excluding steroid dienone is 1. The molecule has 0 aliphatic rings. The van der Waals surface area contributed by atoms with Crippen LogP contribution in [0.15, 0.2) is 12.2 Å². The molecule has 3 N–H and O–H groups in total. The van der Waals surface area contributed by atoms with Crippen LogP contribution in [0.4, 0.5) is 0 Å². The lowest BCUT2D eigenvalue weighted by Crippen LogP contribution is -2.38. The molecule has 110 valence electrons. The van der Waals surface area contributed by atoms with E-state index in [9.17, 15) is 14.7 Å². The summed E-state index contributed by atoms with van der Waals surface area (Å²) >= 11 is 0. The maximum atomic E-state index is 11.5. The van der Waals surface area contributed by atoms with Crippen molar-refractivity contribution in [3.05, 3.63) is 12.2 Å². The number of carbonyl (C=O) groups excluding carboxylic acids is 2. The van der Waals surface area contributed by atoms with Gasteiger partial charge in [0.05, 0.1) is 13.2 Å². The largest absolute Gasteiger partial charge is 0.462 e. The second kappa shape index (κ2) is 8.63. The molecule has 0 aromatic heterocycles. The summed E-state index contributed by atoms with van der Waals surface area (Å²) < 4.78 is 9.37. The highest BCUT2D eigenvalue weighted by Gasteiger charge is 2.34. The van der Waals surface area contributed by atoms with E-state index >= 15 is 0 Å². The fourth-order valence-electron chi connectivity index (χ4n) is 0.936. The van der Waals surface area contributed by atoms with Crippen molar-refractivity contribution in [2.45, 2.75) is 20.0 Å². The lowest BCUT2D eigenvalue weighted by molar-refractivity contribution is -0.164. The molecular weight excluding hydrogens is 256 g/mol. The zero-order chi connectivity index (χ0) is 14.9. The van der Waals surface area contributed by atoms with E-state index in [-0.39, 0.29) is 6.61 Å². The number of aliphatic hydroxyl groups is 3. The first-order valence-corrected chi connectivity index (χ1v) is 5.76. The van der Waals surface area contributed by atoms with Crippen LogP contribution in [-0.2, 0) is 19.1 Å². The molecule has 1 atom stereocenters. The normalized spacial score (nSPS) is 13.3. The van der Waals surface area contributed by atoms with Gasteiger partial charge in [0.25, 0.3) is 0 Å². The number of hydrogen-bond donors (Lipinski definition) is 3. The number of carbonyl (C=O) groups is 2. The van der Waals surface area contributed by atoms with E-state index in [1.807, 2.05) is 0 Å². The fraction of sp³-hybridized carbons (Fsp3) is 0.667. The van der Waals surface area contributed by atoms with Crippen LogP contribution in [0.3, 0.4) is 0 Å². The van der Waals surface area contributed by atoms with E-state index in [2.05, 4.69) is 4.74 Å². The van der Waals surface area contributed by atoms with Crippen LogP contribution in [0.1, 0.15) is 13.8 Å². The lowest BCUT2D eigenvalue weighted by atomic mass is 9.93. The van der Waals surface area contributed by atoms with Crippen LogP contribution in [0.25, 0.3) is 0 Å². The predicted octanol–water partition coefficient (Wildman–Crippen LogP) is -0.999. The number of hydrogen-bond acceptors (Lipinski definition) is 7. The van der Waals surface area contributed by atoms with Crippen molar-refractivity contribution in [2.75, 3.05) is 26.4 Å². The molecule has 0 saturated heterocycles. The highest BCUT2D eigenvalue weighted by Crippen LogP contribution is 2.16. The van der Waals surface area contributed by atoms with Gasteiger partial charge in [0.2, 0.25) is 0 Å². The Morgan fingerprint density at radius 2 is 1.74 bits per heavy atom. The monoisotopic (exact) mass is 276 g/mol. The molecule has 0 radical (unpaired) electrons. The van der Waals surface area contributed by atoms with Gasteiger partial charge in [-0.2, -0.15) is 0 Å². The summed E-state index contributed by atoms with van der Waals surface area (Å²) in [6.07, 6.45) is 1.51. The number of ether oxygens (including phenoxy) is 2. The summed E-state index contributed by atoms with van der Waals surface area (Å²) in [6, 6.07) is 0.